The molecule has 1 aliphatic heterocycles. The van der Waals surface area contributed by atoms with Gasteiger partial charge in [0.05, 0.1) is 5.02 Å². The number of rotatable bonds is 4. The average molecular weight is 337 g/mol. The normalized spacial score (nSPS) is 15.0. The van der Waals surface area contributed by atoms with Crippen LogP contribution in [0.4, 0.5) is 5.82 Å². The van der Waals surface area contributed by atoms with Crippen molar-refractivity contribution in [2.75, 3.05) is 38.2 Å². The Labute approximate surface area is 138 Å². The van der Waals surface area contributed by atoms with Gasteiger partial charge < -0.3 is 19.1 Å². The molecule has 1 saturated heterocycles. The van der Waals surface area contributed by atoms with Crippen LogP contribution in [0, 0.1) is 0 Å². The number of piperazine rings is 1. The van der Waals surface area contributed by atoms with Gasteiger partial charge in [-0.05, 0) is 12.1 Å². The number of amides is 1. The van der Waals surface area contributed by atoms with Crippen LogP contribution in [0.15, 0.2) is 28.9 Å². The van der Waals surface area contributed by atoms with Crippen molar-refractivity contribution in [2.24, 2.45) is 0 Å². The molecular weight excluding hydrogens is 320 g/mol. The van der Waals surface area contributed by atoms with E-state index in [4.69, 9.17) is 20.9 Å². The summed E-state index contributed by atoms with van der Waals surface area (Å²) in [7, 11) is 1.56. The first-order valence-corrected chi connectivity index (χ1v) is 7.65. The molecule has 1 fully saturated rings. The molecule has 0 aromatic carbocycles. The summed E-state index contributed by atoms with van der Waals surface area (Å²) in [5.41, 5.74) is 0.315. The molecule has 0 bridgehead atoms. The minimum atomic E-state index is -0.125. The molecule has 3 heterocycles. The molecule has 1 aliphatic rings. The molecule has 23 heavy (non-hydrogen) atoms. The Morgan fingerprint density at radius 1 is 1.35 bits per heavy atom. The standard InChI is InChI=1S/C15H17ClN4O3/c1-22-10-12-8-13(18-23-12)15(21)20-6-4-19(5-7-20)14-3-2-11(16)9-17-14/h2-3,8-9H,4-7,10H2,1H3. The first-order valence-electron chi connectivity index (χ1n) is 7.27. The van der Waals surface area contributed by atoms with E-state index < -0.39 is 0 Å². The average Bonchev–Trinajstić information content (AvgIpc) is 3.04. The van der Waals surface area contributed by atoms with E-state index in [1.807, 2.05) is 12.1 Å². The summed E-state index contributed by atoms with van der Waals surface area (Å²) in [5.74, 6) is 1.28. The largest absolute Gasteiger partial charge is 0.377 e. The molecule has 0 spiro atoms. The van der Waals surface area contributed by atoms with Gasteiger partial charge in [0.1, 0.15) is 12.4 Å². The number of ether oxygens (including phenoxy) is 1. The minimum Gasteiger partial charge on any atom is -0.377 e. The van der Waals surface area contributed by atoms with Crippen LogP contribution in [0.25, 0.3) is 0 Å². The molecule has 0 radical (unpaired) electrons. The highest BCUT2D eigenvalue weighted by Crippen LogP contribution is 2.17. The van der Waals surface area contributed by atoms with Gasteiger partial charge in [0, 0.05) is 45.6 Å². The molecule has 8 heteroatoms. The fourth-order valence-corrected chi connectivity index (χ4v) is 2.59. The Hall–Kier alpha value is -2.12. The SMILES string of the molecule is COCc1cc(C(=O)N2CCN(c3ccc(Cl)cn3)CC2)no1. The van der Waals surface area contributed by atoms with E-state index in [1.165, 1.54) is 0 Å². The molecule has 0 aliphatic carbocycles. The number of nitrogens with zero attached hydrogens (tertiary/aromatic N) is 4. The Balaban J connectivity index is 1.59. The van der Waals surface area contributed by atoms with Crippen molar-refractivity contribution in [3.8, 4) is 0 Å². The van der Waals surface area contributed by atoms with Crippen LogP contribution in [0.2, 0.25) is 5.02 Å². The Morgan fingerprint density at radius 2 is 2.13 bits per heavy atom. The second-order valence-corrected chi connectivity index (χ2v) is 5.66. The van der Waals surface area contributed by atoms with E-state index in [-0.39, 0.29) is 5.91 Å². The predicted molar refractivity (Wildman–Crippen MR) is 84.6 cm³/mol. The first kappa shape index (κ1) is 15.8. The van der Waals surface area contributed by atoms with Gasteiger partial charge in [0.15, 0.2) is 11.5 Å². The zero-order valence-corrected chi connectivity index (χ0v) is 13.5. The van der Waals surface area contributed by atoms with Gasteiger partial charge in [-0.15, -0.1) is 0 Å². The number of methoxy groups -OCH3 is 1. The van der Waals surface area contributed by atoms with Crippen LogP contribution >= 0.6 is 11.6 Å². The maximum Gasteiger partial charge on any atom is 0.276 e. The van der Waals surface area contributed by atoms with Crippen molar-refractivity contribution in [1.29, 1.82) is 0 Å². The summed E-state index contributed by atoms with van der Waals surface area (Å²) >= 11 is 5.85. The fourth-order valence-electron chi connectivity index (χ4n) is 2.48. The maximum atomic E-state index is 12.4. The third kappa shape index (κ3) is 3.62. The minimum absolute atomic E-state index is 0.125. The van der Waals surface area contributed by atoms with Gasteiger partial charge in [-0.25, -0.2) is 4.98 Å². The first-order chi connectivity index (χ1) is 11.2. The van der Waals surface area contributed by atoms with E-state index >= 15 is 0 Å². The zero-order valence-electron chi connectivity index (χ0n) is 12.7. The number of hydrogen-bond acceptors (Lipinski definition) is 6. The number of aromatic nitrogens is 2. The van der Waals surface area contributed by atoms with E-state index in [1.54, 1.807) is 24.3 Å². The van der Waals surface area contributed by atoms with E-state index in [0.717, 1.165) is 5.82 Å². The number of halogens is 1. The molecule has 3 rings (SSSR count). The molecule has 7 nitrogen and oxygen atoms in total. The van der Waals surface area contributed by atoms with Gasteiger partial charge in [-0.1, -0.05) is 16.8 Å². The lowest BCUT2D eigenvalue weighted by Crippen LogP contribution is -2.49. The van der Waals surface area contributed by atoms with Gasteiger partial charge in [-0.3, -0.25) is 4.79 Å². The lowest BCUT2D eigenvalue weighted by molar-refractivity contribution is 0.0735. The van der Waals surface area contributed by atoms with Crippen LogP contribution < -0.4 is 4.90 Å². The van der Waals surface area contributed by atoms with Crippen molar-refractivity contribution >= 4 is 23.3 Å². The quantitative estimate of drug-likeness (QED) is 0.848. The van der Waals surface area contributed by atoms with Gasteiger partial charge in [-0.2, -0.15) is 0 Å². The zero-order chi connectivity index (χ0) is 16.2. The van der Waals surface area contributed by atoms with Gasteiger partial charge in [0.25, 0.3) is 5.91 Å². The van der Waals surface area contributed by atoms with Gasteiger partial charge >= 0.3 is 0 Å². The van der Waals surface area contributed by atoms with Crippen molar-refractivity contribution < 1.29 is 14.1 Å². The third-order valence-corrected chi connectivity index (χ3v) is 3.89. The van der Waals surface area contributed by atoms with E-state index in [0.29, 0.717) is 49.3 Å². The van der Waals surface area contributed by atoms with Crippen LogP contribution in [-0.2, 0) is 11.3 Å². The summed E-state index contributed by atoms with van der Waals surface area (Å²) in [6.07, 6.45) is 1.63. The van der Waals surface area contributed by atoms with Crippen LogP contribution in [-0.4, -0.2) is 54.2 Å². The lowest BCUT2D eigenvalue weighted by Gasteiger charge is -2.35. The highest BCUT2D eigenvalue weighted by atomic mass is 35.5. The summed E-state index contributed by atoms with van der Waals surface area (Å²) < 4.78 is 10.0. The summed E-state index contributed by atoms with van der Waals surface area (Å²) in [6.45, 7) is 2.94. The molecule has 2 aromatic heterocycles. The molecule has 122 valence electrons. The Bertz CT molecular complexity index is 666. The predicted octanol–water partition coefficient (Wildman–Crippen LogP) is 1.83. The van der Waals surface area contributed by atoms with Crippen molar-refractivity contribution in [3.05, 3.63) is 40.9 Å². The van der Waals surface area contributed by atoms with Gasteiger partial charge in [0.2, 0.25) is 0 Å². The second-order valence-electron chi connectivity index (χ2n) is 5.23. The van der Waals surface area contributed by atoms with E-state index in [9.17, 15) is 4.79 Å². The fraction of sp³-hybridized carbons (Fsp3) is 0.400. The molecule has 1 amide bonds. The van der Waals surface area contributed by atoms with Crippen LogP contribution in [0.1, 0.15) is 16.2 Å². The summed E-state index contributed by atoms with van der Waals surface area (Å²) in [4.78, 5) is 20.6. The van der Waals surface area contributed by atoms with Crippen molar-refractivity contribution in [3.63, 3.8) is 0 Å². The van der Waals surface area contributed by atoms with E-state index in [2.05, 4.69) is 15.0 Å². The second kappa shape index (κ2) is 6.97. The van der Waals surface area contributed by atoms with Crippen LogP contribution in [0.5, 0.6) is 0 Å². The molecule has 0 atom stereocenters. The molecular formula is C15H17ClN4O3. The number of pyridine rings is 1. The molecule has 2 aromatic rings. The number of carbonyl (C=O) groups is 1. The number of hydrogen-bond donors (Lipinski definition) is 0. The van der Waals surface area contributed by atoms with Crippen LogP contribution in [0.3, 0.4) is 0 Å². The third-order valence-electron chi connectivity index (χ3n) is 3.67. The summed E-state index contributed by atoms with van der Waals surface area (Å²) in [5, 5.41) is 4.42. The monoisotopic (exact) mass is 336 g/mol. The molecule has 0 unspecified atom stereocenters. The lowest BCUT2D eigenvalue weighted by atomic mass is 10.2. The molecule has 0 saturated carbocycles. The number of carbonyl (C=O) groups excluding carboxylic acids is 1. The highest BCUT2D eigenvalue weighted by molar-refractivity contribution is 6.30. The highest BCUT2D eigenvalue weighted by Gasteiger charge is 2.25. The maximum absolute atomic E-state index is 12.4. The Kier molecular flexibility index (Phi) is 4.78. The number of anilines is 1. The Morgan fingerprint density at radius 3 is 2.78 bits per heavy atom. The smallest absolute Gasteiger partial charge is 0.276 e. The van der Waals surface area contributed by atoms with Crippen molar-refractivity contribution in [2.45, 2.75) is 6.61 Å². The molecule has 0 N–H and O–H groups in total. The summed E-state index contributed by atoms with van der Waals surface area (Å²) in [6, 6.07) is 5.32. The van der Waals surface area contributed by atoms with Crippen molar-refractivity contribution in [1.82, 2.24) is 15.0 Å². The topological polar surface area (TPSA) is 71.7 Å².